The van der Waals surface area contributed by atoms with Gasteiger partial charge in [0.15, 0.2) is 0 Å². The van der Waals surface area contributed by atoms with Crippen LogP contribution in [0.1, 0.15) is 6.92 Å². The molecule has 0 radical (unpaired) electrons. The second kappa shape index (κ2) is 7.31. The van der Waals surface area contributed by atoms with Crippen LogP contribution in [0.15, 0.2) is 54.6 Å². The van der Waals surface area contributed by atoms with Crippen LogP contribution in [0.4, 0.5) is 10.5 Å². The molecule has 0 atom stereocenters. The van der Waals surface area contributed by atoms with Crippen LogP contribution in [0.25, 0.3) is 21.8 Å². The fourth-order valence-corrected chi connectivity index (χ4v) is 2.85. The molecule has 0 aliphatic carbocycles. The van der Waals surface area contributed by atoms with Gasteiger partial charge in [0, 0.05) is 40.1 Å². The summed E-state index contributed by atoms with van der Waals surface area (Å²) < 4.78 is 7.06. The van der Waals surface area contributed by atoms with Crippen LogP contribution in [0.5, 0.6) is 0 Å². The molecule has 0 saturated heterocycles. The Bertz CT molecular complexity index is 1000. The quantitative estimate of drug-likeness (QED) is 0.419. The number of hydrogen-bond donors (Lipinski definition) is 2. The third kappa shape index (κ3) is 3.54. The van der Waals surface area contributed by atoms with Gasteiger partial charge in [-0.1, -0.05) is 24.8 Å². The first-order valence-corrected chi connectivity index (χ1v) is 8.32. The highest BCUT2D eigenvalue weighted by atomic mass is 16.5. The number of urea groups is 1. The minimum atomic E-state index is -0.464. The monoisotopic (exact) mass is 351 g/mol. The fraction of sp³-hybridized carbons (Fsp3) is 0.200. The molecule has 0 fully saturated rings. The average molecular weight is 351 g/mol. The Hall–Kier alpha value is -3.28. The number of benzene rings is 2. The molecule has 1 aromatic heterocycles. The van der Waals surface area contributed by atoms with Gasteiger partial charge in [-0.05, 0) is 31.2 Å². The van der Waals surface area contributed by atoms with E-state index in [0.29, 0.717) is 11.3 Å². The van der Waals surface area contributed by atoms with Gasteiger partial charge in [0.05, 0.1) is 6.54 Å². The first kappa shape index (κ1) is 17.5. The summed E-state index contributed by atoms with van der Waals surface area (Å²) in [5, 5.41) is 7.67. The molecule has 0 aliphatic heterocycles. The van der Waals surface area contributed by atoms with Gasteiger partial charge in [-0.25, -0.2) is 9.59 Å². The van der Waals surface area contributed by atoms with E-state index in [0.717, 1.165) is 21.8 Å². The van der Waals surface area contributed by atoms with E-state index in [-0.39, 0.29) is 19.2 Å². The zero-order valence-electron chi connectivity index (χ0n) is 14.8. The second-order valence-electron chi connectivity index (χ2n) is 6.11. The Morgan fingerprint density at radius 1 is 1.12 bits per heavy atom. The molecule has 6 nitrogen and oxygen atoms in total. The lowest BCUT2D eigenvalue weighted by molar-refractivity contribution is -0.138. The highest BCUT2D eigenvalue weighted by Gasteiger charge is 2.09. The van der Waals surface area contributed by atoms with Gasteiger partial charge in [0.2, 0.25) is 0 Å². The summed E-state index contributed by atoms with van der Waals surface area (Å²) in [7, 11) is 2.02. The number of carbonyl (C=O) groups excluding carboxylic acids is 2. The number of aryl methyl sites for hydroxylation is 1. The van der Waals surface area contributed by atoms with E-state index in [1.54, 1.807) is 6.92 Å². The van der Waals surface area contributed by atoms with Crippen LogP contribution in [-0.2, 0) is 16.6 Å². The van der Waals surface area contributed by atoms with E-state index in [9.17, 15) is 9.59 Å². The summed E-state index contributed by atoms with van der Waals surface area (Å²) in [6, 6.07) is 13.6. The lowest BCUT2D eigenvalue weighted by Gasteiger charge is -2.09. The van der Waals surface area contributed by atoms with Crippen molar-refractivity contribution in [2.45, 2.75) is 6.92 Å². The third-order valence-electron chi connectivity index (χ3n) is 4.14. The number of para-hydroxylation sites is 1. The molecular formula is C20H21N3O3. The van der Waals surface area contributed by atoms with Crippen LogP contribution in [0.2, 0.25) is 0 Å². The predicted molar refractivity (Wildman–Crippen MR) is 103 cm³/mol. The first-order valence-electron chi connectivity index (χ1n) is 8.32. The van der Waals surface area contributed by atoms with E-state index in [1.165, 1.54) is 0 Å². The number of hydrogen-bond acceptors (Lipinski definition) is 3. The number of nitrogens with zero attached hydrogens (tertiary/aromatic N) is 1. The van der Waals surface area contributed by atoms with Crippen LogP contribution in [0.3, 0.4) is 0 Å². The molecule has 0 bridgehead atoms. The van der Waals surface area contributed by atoms with Crippen LogP contribution >= 0.6 is 0 Å². The number of fused-ring (bicyclic) bond motifs is 3. The standard InChI is InChI=1S/C20H21N3O3/c1-13(2)19(24)26-11-10-21-20(25)22-14-8-9-18-16(12-14)15-6-4-5-7-17(15)23(18)3/h4-9,12H,1,10-11H2,2-3H3,(H2,21,22,25). The summed E-state index contributed by atoms with van der Waals surface area (Å²) in [6.07, 6.45) is 0. The van der Waals surface area contributed by atoms with Crippen LogP contribution in [0, 0.1) is 0 Å². The molecule has 2 aromatic carbocycles. The van der Waals surface area contributed by atoms with Crippen molar-refractivity contribution in [3.8, 4) is 0 Å². The largest absolute Gasteiger partial charge is 0.460 e. The molecule has 0 saturated carbocycles. The molecule has 6 heteroatoms. The summed E-state index contributed by atoms with van der Waals surface area (Å²) in [5.74, 6) is -0.464. The summed E-state index contributed by atoms with van der Waals surface area (Å²) >= 11 is 0. The molecule has 134 valence electrons. The molecule has 26 heavy (non-hydrogen) atoms. The molecular weight excluding hydrogens is 330 g/mol. The highest BCUT2D eigenvalue weighted by Crippen LogP contribution is 2.29. The fourth-order valence-electron chi connectivity index (χ4n) is 2.85. The minimum absolute atomic E-state index is 0.0987. The van der Waals surface area contributed by atoms with E-state index in [1.807, 2.05) is 37.4 Å². The average Bonchev–Trinajstić information content (AvgIpc) is 2.91. The molecule has 0 spiro atoms. The smallest absolute Gasteiger partial charge is 0.333 e. The van der Waals surface area contributed by atoms with Gasteiger partial charge in [-0.2, -0.15) is 0 Å². The van der Waals surface area contributed by atoms with Crippen molar-refractivity contribution >= 4 is 39.5 Å². The number of aromatic nitrogens is 1. The van der Waals surface area contributed by atoms with Gasteiger partial charge in [0.1, 0.15) is 6.61 Å². The molecule has 0 unspecified atom stereocenters. The normalized spacial score (nSPS) is 10.7. The molecule has 0 aliphatic rings. The molecule has 3 aromatic rings. The maximum absolute atomic E-state index is 12.0. The Morgan fingerprint density at radius 2 is 1.85 bits per heavy atom. The second-order valence-corrected chi connectivity index (χ2v) is 6.11. The lowest BCUT2D eigenvalue weighted by atomic mass is 10.1. The van der Waals surface area contributed by atoms with Gasteiger partial charge < -0.3 is 19.9 Å². The topological polar surface area (TPSA) is 72.4 Å². The number of anilines is 1. The lowest BCUT2D eigenvalue weighted by Crippen LogP contribution is -2.32. The number of carbonyl (C=O) groups is 2. The van der Waals surface area contributed by atoms with Gasteiger partial charge in [0.25, 0.3) is 0 Å². The van der Waals surface area contributed by atoms with Gasteiger partial charge in [-0.15, -0.1) is 0 Å². The summed E-state index contributed by atoms with van der Waals surface area (Å²) in [4.78, 5) is 23.3. The Labute approximate surface area is 151 Å². The maximum Gasteiger partial charge on any atom is 0.333 e. The Kier molecular flexibility index (Phi) is 4.93. The summed E-state index contributed by atoms with van der Waals surface area (Å²) in [5.41, 5.74) is 3.27. The van der Waals surface area contributed by atoms with Crippen LogP contribution in [-0.4, -0.2) is 29.7 Å². The van der Waals surface area contributed by atoms with Crippen molar-refractivity contribution in [3.63, 3.8) is 0 Å². The zero-order chi connectivity index (χ0) is 18.7. The van der Waals surface area contributed by atoms with Crippen molar-refractivity contribution < 1.29 is 14.3 Å². The van der Waals surface area contributed by atoms with Crippen molar-refractivity contribution in [3.05, 3.63) is 54.6 Å². The van der Waals surface area contributed by atoms with E-state index < -0.39 is 5.97 Å². The number of esters is 1. The van der Waals surface area contributed by atoms with Crippen molar-refractivity contribution in [1.82, 2.24) is 9.88 Å². The van der Waals surface area contributed by atoms with Crippen LogP contribution < -0.4 is 10.6 Å². The summed E-state index contributed by atoms with van der Waals surface area (Å²) in [6.45, 7) is 5.39. The predicted octanol–water partition coefficient (Wildman–Crippen LogP) is 3.57. The van der Waals surface area contributed by atoms with Gasteiger partial charge in [-0.3, -0.25) is 0 Å². The third-order valence-corrected chi connectivity index (χ3v) is 4.14. The van der Waals surface area contributed by atoms with Crippen molar-refractivity contribution in [2.24, 2.45) is 7.05 Å². The van der Waals surface area contributed by atoms with Crippen molar-refractivity contribution in [1.29, 1.82) is 0 Å². The number of ether oxygens (including phenoxy) is 1. The molecule has 2 N–H and O–H groups in total. The van der Waals surface area contributed by atoms with Crippen molar-refractivity contribution in [2.75, 3.05) is 18.5 Å². The number of rotatable bonds is 5. The number of nitrogens with one attached hydrogen (secondary N) is 2. The molecule has 2 amide bonds. The first-order chi connectivity index (χ1) is 12.5. The number of amides is 2. The SMILES string of the molecule is C=C(C)C(=O)OCCNC(=O)Nc1ccc2c(c1)c1ccccc1n2C. The van der Waals surface area contributed by atoms with E-state index >= 15 is 0 Å². The Balaban J connectivity index is 1.65. The highest BCUT2D eigenvalue weighted by molar-refractivity contribution is 6.09. The van der Waals surface area contributed by atoms with E-state index in [2.05, 4.69) is 33.9 Å². The minimum Gasteiger partial charge on any atom is -0.460 e. The van der Waals surface area contributed by atoms with Gasteiger partial charge >= 0.3 is 12.0 Å². The van der Waals surface area contributed by atoms with E-state index in [4.69, 9.17) is 4.74 Å². The Morgan fingerprint density at radius 3 is 2.62 bits per heavy atom. The maximum atomic E-state index is 12.0. The zero-order valence-corrected chi connectivity index (χ0v) is 14.8. The molecule has 3 rings (SSSR count). The molecule has 1 heterocycles.